The Balaban J connectivity index is 1.78. The molecule has 1 aliphatic heterocycles. The average Bonchev–Trinajstić information content (AvgIpc) is 3.25. The van der Waals surface area contributed by atoms with E-state index in [9.17, 15) is 9.59 Å². The van der Waals surface area contributed by atoms with E-state index in [0.29, 0.717) is 10.6 Å². The fraction of sp³-hybridized carbons (Fsp3) is 0.0714. The Morgan fingerprint density at radius 1 is 0.974 bits per heavy atom. The highest BCUT2D eigenvalue weighted by Gasteiger charge is 2.40. The lowest BCUT2D eigenvalue weighted by molar-refractivity contribution is -0.136. The van der Waals surface area contributed by atoms with E-state index in [2.05, 4.69) is 5.32 Å². The summed E-state index contributed by atoms with van der Waals surface area (Å²) in [4.78, 5) is 26.9. The topological polar surface area (TPSA) is 81.4 Å². The van der Waals surface area contributed by atoms with Gasteiger partial charge >= 0.3 is 5.97 Å². The van der Waals surface area contributed by atoms with E-state index in [1.54, 1.807) is 12.1 Å². The Morgan fingerprint density at radius 3 is 2.32 bits per heavy atom. The first kappa shape index (κ1) is 25.9. The lowest BCUT2D eigenvalue weighted by Gasteiger charge is -2.30. The van der Waals surface area contributed by atoms with Crippen LogP contribution < -0.4 is 11.1 Å². The number of thiophene rings is 1. The van der Waals surface area contributed by atoms with Gasteiger partial charge in [-0.1, -0.05) is 53.5 Å². The summed E-state index contributed by atoms with van der Waals surface area (Å²) >= 11 is 13.1. The van der Waals surface area contributed by atoms with Crippen LogP contribution in [-0.4, -0.2) is 18.9 Å². The largest absolute Gasteiger partial charge is 0.466 e. The molecular weight excluding hydrogens is 553 g/mol. The van der Waals surface area contributed by atoms with Crippen LogP contribution in [0.3, 0.4) is 0 Å². The number of anilines is 2. The standard InChI is InChI=1S/C28H18Cl2F2N2O3S/c1-37-28(36)22-20(14-6-2-4-8-18(14)31)21-23(33)26(25(35)13-10-11-16(29)17(30)12-13)38-27(21)34-24(22)15-7-3-5-9-19(15)32/h2-12,20,34H,33H2,1H3. The second-order valence-electron chi connectivity index (χ2n) is 8.39. The number of ether oxygens (including phenoxy) is 1. The van der Waals surface area contributed by atoms with Gasteiger partial charge in [0.15, 0.2) is 0 Å². The summed E-state index contributed by atoms with van der Waals surface area (Å²) in [6, 6.07) is 16.2. The number of nitrogen functional groups attached to an aromatic ring is 1. The van der Waals surface area contributed by atoms with Crippen molar-refractivity contribution in [3.8, 4) is 0 Å². The van der Waals surface area contributed by atoms with Crippen molar-refractivity contribution in [3.05, 3.63) is 121 Å². The summed E-state index contributed by atoms with van der Waals surface area (Å²) in [5.74, 6) is -3.56. The van der Waals surface area contributed by atoms with Gasteiger partial charge in [-0.3, -0.25) is 4.79 Å². The van der Waals surface area contributed by atoms with Crippen molar-refractivity contribution < 1.29 is 23.1 Å². The zero-order valence-corrected chi connectivity index (χ0v) is 22.0. The summed E-state index contributed by atoms with van der Waals surface area (Å²) in [7, 11) is 1.18. The quantitative estimate of drug-likeness (QED) is 0.194. The summed E-state index contributed by atoms with van der Waals surface area (Å²) in [5.41, 5.74) is 7.37. The van der Waals surface area contributed by atoms with E-state index in [4.69, 9.17) is 33.7 Å². The third kappa shape index (κ3) is 4.34. The van der Waals surface area contributed by atoms with Crippen molar-refractivity contribution in [2.24, 2.45) is 0 Å². The molecular formula is C28H18Cl2F2N2O3S. The lowest BCUT2D eigenvalue weighted by atomic mass is 9.80. The maximum absolute atomic E-state index is 15.3. The molecule has 4 aromatic rings. The molecule has 1 atom stereocenters. The van der Waals surface area contributed by atoms with Gasteiger partial charge in [0.1, 0.15) is 16.5 Å². The summed E-state index contributed by atoms with van der Waals surface area (Å²) in [5, 5.41) is 3.92. The molecule has 3 aromatic carbocycles. The molecule has 3 N–H and O–H groups in total. The van der Waals surface area contributed by atoms with Gasteiger partial charge in [-0.05, 0) is 36.4 Å². The van der Waals surface area contributed by atoms with Crippen LogP contribution in [0.15, 0.2) is 72.3 Å². The van der Waals surface area contributed by atoms with Gasteiger partial charge in [-0.2, -0.15) is 0 Å². The van der Waals surface area contributed by atoms with E-state index < -0.39 is 29.3 Å². The number of rotatable bonds is 5. The average molecular weight is 571 g/mol. The lowest BCUT2D eigenvalue weighted by Crippen LogP contribution is -2.25. The second kappa shape index (κ2) is 10.2. The van der Waals surface area contributed by atoms with Crippen LogP contribution in [0.4, 0.5) is 19.5 Å². The minimum Gasteiger partial charge on any atom is -0.466 e. The summed E-state index contributed by atoms with van der Waals surface area (Å²) in [6.07, 6.45) is 0. The maximum atomic E-state index is 15.3. The van der Waals surface area contributed by atoms with Crippen LogP contribution in [0, 0.1) is 11.6 Å². The van der Waals surface area contributed by atoms with Crippen molar-refractivity contribution in [1.82, 2.24) is 0 Å². The summed E-state index contributed by atoms with van der Waals surface area (Å²) < 4.78 is 35.3. The third-order valence-corrected chi connectivity index (χ3v) is 8.10. The molecule has 2 heterocycles. The third-order valence-electron chi connectivity index (χ3n) is 6.22. The van der Waals surface area contributed by atoms with Gasteiger partial charge < -0.3 is 15.8 Å². The Kier molecular flexibility index (Phi) is 6.96. The van der Waals surface area contributed by atoms with Gasteiger partial charge in [0.05, 0.1) is 45.0 Å². The first-order valence-corrected chi connectivity index (χ1v) is 12.8. The summed E-state index contributed by atoms with van der Waals surface area (Å²) in [6.45, 7) is 0. The molecule has 5 nitrogen and oxygen atoms in total. The molecule has 192 valence electrons. The number of methoxy groups -OCH3 is 1. The van der Waals surface area contributed by atoms with Crippen molar-refractivity contribution in [2.75, 3.05) is 18.2 Å². The van der Waals surface area contributed by atoms with E-state index in [1.807, 2.05) is 0 Å². The number of hydrogen-bond donors (Lipinski definition) is 2. The van der Waals surface area contributed by atoms with Crippen LogP contribution >= 0.6 is 34.5 Å². The number of carbonyl (C=O) groups excluding carboxylic acids is 2. The van der Waals surface area contributed by atoms with Gasteiger partial charge in [0.25, 0.3) is 0 Å². The Morgan fingerprint density at radius 2 is 1.66 bits per heavy atom. The van der Waals surface area contributed by atoms with Crippen LogP contribution in [0.25, 0.3) is 5.70 Å². The molecule has 0 radical (unpaired) electrons. The first-order chi connectivity index (χ1) is 18.2. The first-order valence-electron chi connectivity index (χ1n) is 11.2. The van der Waals surface area contributed by atoms with E-state index in [-0.39, 0.29) is 48.6 Å². The predicted octanol–water partition coefficient (Wildman–Crippen LogP) is 7.29. The van der Waals surface area contributed by atoms with Crippen LogP contribution in [0.5, 0.6) is 0 Å². The molecule has 0 aliphatic carbocycles. The van der Waals surface area contributed by atoms with Crippen molar-refractivity contribution >= 4 is 62.7 Å². The molecule has 10 heteroatoms. The molecule has 0 saturated heterocycles. The van der Waals surface area contributed by atoms with Gasteiger partial charge in [-0.25, -0.2) is 13.6 Å². The smallest absolute Gasteiger partial charge is 0.336 e. The minimum atomic E-state index is -1.10. The molecule has 1 aliphatic rings. The van der Waals surface area contributed by atoms with Gasteiger partial charge in [0.2, 0.25) is 5.78 Å². The van der Waals surface area contributed by atoms with E-state index >= 15 is 8.78 Å². The molecule has 0 fully saturated rings. The SMILES string of the molecule is COC(=O)C1=C(c2ccccc2F)Nc2sc(C(=O)c3ccc(Cl)c(Cl)c3)c(N)c2C1c1ccccc1F. The fourth-order valence-corrected chi connectivity index (χ4v) is 5.89. The highest BCUT2D eigenvalue weighted by Crippen LogP contribution is 2.52. The van der Waals surface area contributed by atoms with Gasteiger partial charge in [0, 0.05) is 22.3 Å². The number of fused-ring (bicyclic) bond motifs is 1. The molecule has 38 heavy (non-hydrogen) atoms. The number of carbonyl (C=O) groups is 2. The van der Waals surface area contributed by atoms with Crippen molar-refractivity contribution in [2.45, 2.75) is 5.92 Å². The normalized spacial score (nSPS) is 14.6. The Bertz CT molecular complexity index is 1650. The van der Waals surface area contributed by atoms with Gasteiger partial charge in [-0.15, -0.1) is 11.3 Å². The number of benzene rings is 3. The monoisotopic (exact) mass is 570 g/mol. The number of hydrogen-bond acceptors (Lipinski definition) is 6. The molecule has 1 unspecified atom stereocenters. The predicted molar refractivity (Wildman–Crippen MR) is 146 cm³/mol. The minimum absolute atomic E-state index is 0.0479. The number of ketones is 1. The molecule has 0 bridgehead atoms. The van der Waals surface area contributed by atoms with E-state index in [0.717, 1.165) is 11.3 Å². The maximum Gasteiger partial charge on any atom is 0.336 e. The van der Waals surface area contributed by atoms with Crippen molar-refractivity contribution in [3.63, 3.8) is 0 Å². The number of nitrogens with one attached hydrogen (secondary N) is 1. The molecule has 0 amide bonds. The zero-order chi connectivity index (χ0) is 27.1. The highest BCUT2D eigenvalue weighted by molar-refractivity contribution is 7.19. The van der Waals surface area contributed by atoms with Crippen LogP contribution in [0.1, 0.15) is 37.8 Å². The Hall–Kier alpha value is -3.72. The van der Waals surface area contributed by atoms with Crippen LogP contribution in [0.2, 0.25) is 10.0 Å². The Labute approximate surface area is 230 Å². The second-order valence-corrected chi connectivity index (χ2v) is 10.2. The number of esters is 1. The molecule has 1 aromatic heterocycles. The molecule has 0 saturated carbocycles. The van der Waals surface area contributed by atoms with Crippen LogP contribution in [-0.2, 0) is 9.53 Å². The zero-order valence-electron chi connectivity index (χ0n) is 19.7. The fourth-order valence-electron chi connectivity index (χ4n) is 4.47. The van der Waals surface area contributed by atoms with Crippen molar-refractivity contribution in [1.29, 1.82) is 0 Å². The molecule has 0 spiro atoms. The number of nitrogens with two attached hydrogens (primary N) is 1. The number of halogens is 4. The highest BCUT2D eigenvalue weighted by atomic mass is 35.5. The van der Waals surface area contributed by atoms with E-state index in [1.165, 1.54) is 61.7 Å². The molecule has 5 rings (SSSR count).